The minimum Gasteiger partial charge on any atom is -0.382 e. The highest BCUT2D eigenvalue weighted by molar-refractivity contribution is 9.10. The summed E-state index contributed by atoms with van der Waals surface area (Å²) in [6, 6.07) is 7.00. The predicted octanol–water partition coefficient (Wildman–Crippen LogP) is 3.70. The van der Waals surface area contributed by atoms with Crippen molar-refractivity contribution in [3.05, 3.63) is 28.2 Å². The molecule has 1 aliphatic rings. The Kier molecular flexibility index (Phi) is 3.79. The highest BCUT2D eigenvalue weighted by atomic mass is 79.9. The van der Waals surface area contributed by atoms with Crippen molar-refractivity contribution in [3.8, 4) is 0 Å². The van der Waals surface area contributed by atoms with Crippen molar-refractivity contribution >= 4 is 21.6 Å². The molecule has 17 heavy (non-hydrogen) atoms. The van der Waals surface area contributed by atoms with E-state index in [1.54, 1.807) is 0 Å². The first kappa shape index (κ1) is 12.9. The van der Waals surface area contributed by atoms with Crippen LogP contribution < -0.4 is 10.6 Å². The lowest BCUT2D eigenvalue weighted by molar-refractivity contribution is 0.286. The van der Waals surface area contributed by atoms with Gasteiger partial charge in [-0.25, -0.2) is 0 Å². The fourth-order valence-electron chi connectivity index (χ4n) is 2.51. The van der Waals surface area contributed by atoms with E-state index in [-0.39, 0.29) is 5.54 Å². The van der Waals surface area contributed by atoms with Crippen LogP contribution in [0.25, 0.3) is 0 Å². The highest BCUT2D eigenvalue weighted by Crippen LogP contribution is 2.25. The fraction of sp³-hybridized carbons (Fsp3) is 0.571. The van der Waals surface area contributed by atoms with E-state index in [2.05, 4.69) is 65.5 Å². The Labute approximate surface area is 112 Å². The molecule has 0 saturated carbocycles. The third kappa shape index (κ3) is 3.46. The number of halogens is 1. The minimum absolute atomic E-state index is 0.249. The molecular formula is C14H21BrN2. The summed E-state index contributed by atoms with van der Waals surface area (Å²) in [5.41, 5.74) is 2.81. The molecule has 2 nitrogen and oxygen atoms in total. The molecule has 1 aromatic rings. The van der Waals surface area contributed by atoms with Crippen LogP contribution in [0.3, 0.4) is 0 Å². The Hall–Kier alpha value is -0.540. The summed E-state index contributed by atoms with van der Waals surface area (Å²) in [5.74, 6) is 0. The van der Waals surface area contributed by atoms with E-state index < -0.39 is 0 Å². The number of piperidine rings is 1. The van der Waals surface area contributed by atoms with Crippen LogP contribution in [0, 0.1) is 6.92 Å². The quantitative estimate of drug-likeness (QED) is 0.869. The Bertz CT molecular complexity index is 401. The van der Waals surface area contributed by atoms with Crippen molar-refractivity contribution in [1.82, 2.24) is 5.32 Å². The third-order valence-electron chi connectivity index (χ3n) is 3.40. The molecule has 0 bridgehead atoms. The zero-order chi connectivity index (χ0) is 12.5. The lowest BCUT2D eigenvalue weighted by atomic mass is 9.89. The Morgan fingerprint density at radius 1 is 1.41 bits per heavy atom. The van der Waals surface area contributed by atoms with Crippen LogP contribution in [-0.2, 0) is 0 Å². The maximum absolute atomic E-state index is 3.67. The number of anilines is 1. The zero-order valence-corrected chi connectivity index (χ0v) is 12.4. The molecular weight excluding hydrogens is 276 g/mol. The molecule has 3 heteroatoms. The SMILES string of the molecule is Cc1cc(Br)ccc1NC1CCNC(C)(C)C1. The monoisotopic (exact) mass is 296 g/mol. The standard InChI is InChI=1S/C14H21BrN2/c1-10-8-11(15)4-5-13(10)17-12-6-7-16-14(2,3)9-12/h4-5,8,12,16-17H,6-7,9H2,1-3H3. The molecule has 1 saturated heterocycles. The first-order valence-corrected chi connectivity index (χ1v) is 7.03. The summed E-state index contributed by atoms with van der Waals surface area (Å²) >= 11 is 3.50. The molecule has 2 N–H and O–H groups in total. The van der Waals surface area contributed by atoms with Crippen LogP contribution in [0.1, 0.15) is 32.3 Å². The number of hydrogen-bond acceptors (Lipinski definition) is 2. The van der Waals surface area contributed by atoms with Crippen molar-refractivity contribution in [3.63, 3.8) is 0 Å². The molecule has 0 amide bonds. The van der Waals surface area contributed by atoms with Gasteiger partial charge in [-0.15, -0.1) is 0 Å². The largest absolute Gasteiger partial charge is 0.382 e. The second-order valence-corrected chi connectivity index (χ2v) is 6.52. The fourth-order valence-corrected chi connectivity index (χ4v) is 2.98. The van der Waals surface area contributed by atoms with Crippen LogP contribution in [0.4, 0.5) is 5.69 Å². The van der Waals surface area contributed by atoms with Gasteiger partial charge in [-0.1, -0.05) is 15.9 Å². The van der Waals surface area contributed by atoms with Crippen molar-refractivity contribution < 1.29 is 0 Å². The molecule has 0 spiro atoms. The molecule has 1 heterocycles. The van der Waals surface area contributed by atoms with Crippen LogP contribution in [-0.4, -0.2) is 18.1 Å². The maximum atomic E-state index is 3.67. The summed E-state index contributed by atoms with van der Waals surface area (Å²) in [4.78, 5) is 0. The van der Waals surface area contributed by atoms with E-state index in [4.69, 9.17) is 0 Å². The first-order chi connectivity index (χ1) is 7.96. The molecule has 94 valence electrons. The van der Waals surface area contributed by atoms with E-state index in [9.17, 15) is 0 Å². The topological polar surface area (TPSA) is 24.1 Å². The van der Waals surface area contributed by atoms with E-state index in [0.717, 1.165) is 11.0 Å². The van der Waals surface area contributed by atoms with E-state index >= 15 is 0 Å². The van der Waals surface area contributed by atoms with Crippen LogP contribution >= 0.6 is 15.9 Å². The number of rotatable bonds is 2. The minimum atomic E-state index is 0.249. The number of benzene rings is 1. The van der Waals surface area contributed by atoms with Gasteiger partial charge in [0.2, 0.25) is 0 Å². The van der Waals surface area contributed by atoms with Crippen molar-refractivity contribution in [2.75, 3.05) is 11.9 Å². The molecule has 1 aromatic carbocycles. The Balaban J connectivity index is 2.05. The molecule has 1 aliphatic heterocycles. The Morgan fingerprint density at radius 2 is 2.18 bits per heavy atom. The van der Waals surface area contributed by atoms with E-state index in [1.165, 1.54) is 24.1 Å². The van der Waals surface area contributed by atoms with Gasteiger partial charge in [0.15, 0.2) is 0 Å². The summed E-state index contributed by atoms with van der Waals surface area (Å²) in [6.07, 6.45) is 2.36. The van der Waals surface area contributed by atoms with Gasteiger partial charge in [0, 0.05) is 21.7 Å². The summed E-state index contributed by atoms with van der Waals surface area (Å²) < 4.78 is 1.14. The van der Waals surface area contributed by atoms with Crippen molar-refractivity contribution in [1.29, 1.82) is 0 Å². The van der Waals surface area contributed by atoms with E-state index in [1.807, 2.05) is 0 Å². The molecule has 1 unspecified atom stereocenters. The summed E-state index contributed by atoms with van der Waals surface area (Å²) in [7, 11) is 0. The van der Waals surface area contributed by atoms with Crippen LogP contribution in [0.5, 0.6) is 0 Å². The van der Waals surface area contributed by atoms with Gasteiger partial charge in [-0.05, 0) is 63.9 Å². The van der Waals surface area contributed by atoms with Crippen LogP contribution in [0.2, 0.25) is 0 Å². The lowest BCUT2D eigenvalue weighted by Crippen LogP contribution is -2.50. The first-order valence-electron chi connectivity index (χ1n) is 6.24. The van der Waals surface area contributed by atoms with Gasteiger partial charge >= 0.3 is 0 Å². The molecule has 1 atom stereocenters. The smallest absolute Gasteiger partial charge is 0.0372 e. The molecule has 0 aromatic heterocycles. The van der Waals surface area contributed by atoms with Gasteiger partial charge in [0.1, 0.15) is 0 Å². The van der Waals surface area contributed by atoms with Gasteiger partial charge in [-0.2, -0.15) is 0 Å². The maximum Gasteiger partial charge on any atom is 0.0372 e. The zero-order valence-electron chi connectivity index (χ0n) is 10.8. The average molecular weight is 297 g/mol. The van der Waals surface area contributed by atoms with Crippen molar-refractivity contribution in [2.45, 2.75) is 45.2 Å². The average Bonchev–Trinajstić information content (AvgIpc) is 2.21. The predicted molar refractivity (Wildman–Crippen MR) is 77.6 cm³/mol. The van der Waals surface area contributed by atoms with Crippen LogP contribution in [0.15, 0.2) is 22.7 Å². The van der Waals surface area contributed by atoms with Gasteiger partial charge in [0.05, 0.1) is 0 Å². The number of hydrogen-bond donors (Lipinski definition) is 2. The third-order valence-corrected chi connectivity index (χ3v) is 3.89. The highest BCUT2D eigenvalue weighted by Gasteiger charge is 2.27. The normalized spacial score (nSPS) is 23.4. The van der Waals surface area contributed by atoms with Gasteiger partial charge in [0.25, 0.3) is 0 Å². The van der Waals surface area contributed by atoms with E-state index in [0.29, 0.717) is 6.04 Å². The second kappa shape index (κ2) is 4.99. The van der Waals surface area contributed by atoms with Crippen molar-refractivity contribution in [2.24, 2.45) is 0 Å². The molecule has 2 rings (SSSR count). The summed E-state index contributed by atoms with van der Waals surface area (Å²) in [5, 5.41) is 7.22. The summed E-state index contributed by atoms with van der Waals surface area (Å²) in [6.45, 7) is 7.80. The Morgan fingerprint density at radius 3 is 2.82 bits per heavy atom. The number of nitrogens with one attached hydrogen (secondary N) is 2. The lowest BCUT2D eigenvalue weighted by Gasteiger charge is -2.37. The second-order valence-electron chi connectivity index (χ2n) is 5.60. The van der Waals surface area contributed by atoms with Gasteiger partial charge < -0.3 is 10.6 Å². The molecule has 0 radical (unpaired) electrons. The number of aryl methyl sites for hydroxylation is 1. The molecule has 0 aliphatic carbocycles. The molecule has 1 fully saturated rings. The van der Waals surface area contributed by atoms with Gasteiger partial charge in [-0.3, -0.25) is 0 Å².